The zero-order chi connectivity index (χ0) is 13.9. The molecule has 2 N–H and O–H groups in total. The van der Waals surface area contributed by atoms with E-state index in [-0.39, 0.29) is 0 Å². The normalized spacial score (nSPS) is 14.4. The van der Waals surface area contributed by atoms with E-state index >= 15 is 0 Å². The van der Waals surface area contributed by atoms with Gasteiger partial charge in [0, 0.05) is 0 Å². The fourth-order valence-corrected chi connectivity index (χ4v) is 3.85. The van der Waals surface area contributed by atoms with E-state index in [0.717, 1.165) is 13.7 Å². The third-order valence-electron chi connectivity index (χ3n) is 2.77. The molecule has 2 aromatic rings. The molecular formula is C12H14N4OS3. The number of rotatable bonds is 6. The molecule has 106 valence electrons. The topological polar surface area (TPSA) is 73.9 Å². The number of ether oxygens (including phenoxy) is 1. The van der Waals surface area contributed by atoms with Crippen molar-refractivity contribution in [1.29, 1.82) is 0 Å². The number of nitrogens with zero attached hydrogens (tertiary/aromatic N) is 3. The largest absolute Gasteiger partial charge is 0.476 e. The SMILES string of the molecule is CSc1nnc(Sc2ccc(N)c(OCC3CC3)n2)s1. The molecule has 0 aromatic carbocycles. The van der Waals surface area contributed by atoms with Gasteiger partial charge in [0.05, 0.1) is 12.3 Å². The second-order valence-corrected chi connectivity index (χ2v) is 7.74. The molecule has 0 saturated heterocycles. The summed E-state index contributed by atoms with van der Waals surface area (Å²) in [5.41, 5.74) is 6.47. The van der Waals surface area contributed by atoms with Gasteiger partial charge in [-0.25, -0.2) is 4.98 Å². The molecule has 1 aliphatic carbocycles. The summed E-state index contributed by atoms with van der Waals surface area (Å²) in [5.74, 6) is 1.20. The minimum absolute atomic E-state index is 0.525. The molecule has 0 aliphatic heterocycles. The summed E-state index contributed by atoms with van der Waals surface area (Å²) in [5, 5.41) is 9.01. The Bertz CT molecular complexity index is 600. The minimum Gasteiger partial charge on any atom is -0.476 e. The van der Waals surface area contributed by atoms with Gasteiger partial charge in [-0.3, -0.25) is 0 Å². The van der Waals surface area contributed by atoms with E-state index in [0.29, 0.717) is 24.1 Å². The van der Waals surface area contributed by atoms with Crippen LogP contribution in [0.5, 0.6) is 5.88 Å². The highest BCUT2D eigenvalue weighted by molar-refractivity contribution is 8.02. The molecule has 1 aliphatic rings. The molecule has 5 nitrogen and oxygen atoms in total. The molecule has 1 fully saturated rings. The van der Waals surface area contributed by atoms with Crippen molar-refractivity contribution in [3.63, 3.8) is 0 Å². The van der Waals surface area contributed by atoms with Crippen LogP contribution in [0, 0.1) is 5.92 Å². The van der Waals surface area contributed by atoms with E-state index in [2.05, 4.69) is 15.2 Å². The van der Waals surface area contributed by atoms with E-state index in [4.69, 9.17) is 10.5 Å². The Kier molecular flexibility index (Phi) is 4.32. The van der Waals surface area contributed by atoms with Crippen LogP contribution in [0.25, 0.3) is 0 Å². The first-order valence-corrected chi connectivity index (χ1v) is 9.05. The molecule has 0 radical (unpaired) electrons. The monoisotopic (exact) mass is 326 g/mol. The Balaban J connectivity index is 1.70. The molecule has 8 heteroatoms. The first kappa shape index (κ1) is 14.0. The number of pyridine rings is 1. The fraction of sp³-hybridized carbons (Fsp3) is 0.417. The van der Waals surface area contributed by atoms with Crippen molar-refractivity contribution < 1.29 is 4.74 Å². The van der Waals surface area contributed by atoms with Gasteiger partial charge in [0.1, 0.15) is 5.03 Å². The van der Waals surface area contributed by atoms with Gasteiger partial charge in [-0.1, -0.05) is 23.1 Å². The Morgan fingerprint density at radius 3 is 2.85 bits per heavy atom. The van der Waals surface area contributed by atoms with Crippen LogP contribution >= 0.6 is 34.9 Å². The maximum absolute atomic E-state index is 5.89. The maximum atomic E-state index is 5.89. The van der Waals surface area contributed by atoms with Crippen molar-refractivity contribution in [2.24, 2.45) is 5.92 Å². The predicted octanol–water partition coefficient (Wildman–Crippen LogP) is 3.18. The van der Waals surface area contributed by atoms with Crippen molar-refractivity contribution in [2.45, 2.75) is 26.5 Å². The Morgan fingerprint density at radius 1 is 1.35 bits per heavy atom. The average Bonchev–Trinajstić information content (AvgIpc) is 3.18. The summed E-state index contributed by atoms with van der Waals surface area (Å²) in [4.78, 5) is 4.45. The molecule has 3 rings (SSSR count). The van der Waals surface area contributed by atoms with Crippen LogP contribution < -0.4 is 10.5 Å². The zero-order valence-electron chi connectivity index (χ0n) is 10.9. The van der Waals surface area contributed by atoms with Crippen molar-refractivity contribution >= 4 is 40.5 Å². The molecule has 0 unspecified atom stereocenters. The molecule has 2 heterocycles. The summed E-state index contributed by atoms with van der Waals surface area (Å²) < 4.78 is 7.51. The van der Waals surface area contributed by atoms with Crippen LogP contribution in [0.1, 0.15) is 12.8 Å². The molecule has 0 atom stereocenters. The lowest BCUT2D eigenvalue weighted by Gasteiger charge is -2.08. The van der Waals surface area contributed by atoms with Gasteiger partial charge in [-0.05, 0) is 48.9 Å². The second-order valence-electron chi connectivity index (χ2n) is 4.44. The third-order valence-corrected chi connectivity index (χ3v) is 5.66. The van der Waals surface area contributed by atoms with E-state index in [9.17, 15) is 0 Å². The first-order valence-electron chi connectivity index (χ1n) is 6.19. The number of nitrogen functional groups attached to an aromatic ring is 1. The van der Waals surface area contributed by atoms with Crippen molar-refractivity contribution in [2.75, 3.05) is 18.6 Å². The highest BCUT2D eigenvalue weighted by Crippen LogP contribution is 2.34. The molecule has 0 amide bonds. The van der Waals surface area contributed by atoms with Crippen molar-refractivity contribution in [3.8, 4) is 5.88 Å². The van der Waals surface area contributed by atoms with Gasteiger partial charge in [0.2, 0.25) is 5.88 Å². The lowest BCUT2D eigenvalue weighted by Crippen LogP contribution is -2.04. The lowest BCUT2D eigenvalue weighted by molar-refractivity contribution is 0.288. The van der Waals surface area contributed by atoms with E-state index in [1.54, 1.807) is 23.1 Å². The number of hydrogen-bond acceptors (Lipinski definition) is 8. The van der Waals surface area contributed by atoms with E-state index in [1.807, 2.05) is 18.4 Å². The molecular weight excluding hydrogens is 312 g/mol. The van der Waals surface area contributed by atoms with Gasteiger partial charge in [-0.2, -0.15) is 0 Å². The smallest absolute Gasteiger partial charge is 0.238 e. The fourth-order valence-electron chi connectivity index (χ4n) is 1.50. The summed E-state index contributed by atoms with van der Waals surface area (Å²) >= 11 is 4.63. The molecule has 2 aromatic heterocycles. The van der Waals surface area contributed by atoms with Crippen LogP contribution in [0.3, 0.4) is 0 Å². The predicted molar refractivity (Wildman–Crippen MR) is 82.7 cm³/mol. The van der Waals surface area contributed by atoms with Gasteiger partial charge in [0.25, 0.3) is 0 Å². The summed E-state index contributed by atoms with van der Waals surface area (Å²) in [6, 6.07) is 3.71. The average molecular weight is 326 g/mol. The highest BCUT2D eigenvalue weighted by Gasteiger charge is 2.22. The Morgan fingerprint density at radius 2 is 2.15 bits per heavy atom. The lowest BCUT2D eigenvalue weighted by atomic mass is 10.4. The van der Waals surface area contributed by atoms with E-state index < -0.39 is 0 Å². The summed E-state index contributed by atoms with van der Waals surface area (Å²) in [7, 11) is 0. The van der Waals surface area contributed by atoms with Crippen molar-refractivity contribution in [3.05, 3.63) is 12.1 Å². The number of thioether (sulfide) groups is 1. The standard InChI is InChI=1S/C12H14N4OS3/c1-18-11-15-16-12(20-11)19-9-5-4-8(13)10(14-9)17-6-7-2-3-7/h4-5,7H,2-3,6,13H2,1H3. The van der Waals surface area contributed by atoms with Gasteiger partial charge < -0.3 is 10.5 Å². The Labute approximate surface area is 129 Å². The van der Waals surface area contributed by atoms with Crippen LogP contribution in [0.2, 0.25) is 0 Å². The van der Waals surface area contributed by atoms with Crippen LogP contribution in [0.4, 0.5) is 5.69 Å². The minimum atomic E-state index is 0.525. The summed E-state index contributed by atoms with van der Waals surface area (Å²) in [6.07, 6.45) is 4.48. The Hall–Kier alpha value is -0.990. The quantitative estimate of drug-likeness (QED) is 0.817. The number of nitrogens with two attached hydrogens (primary N) is 1. The molecule has 0 spiro atoms. The third kappa shape index (κ3) is 3.56. The van der Waals surface area contributed by atoms with Gasteiger partial charge in [0.15, 0.2) is 8.68 Å². The number of anilines is 1. The van der Waals surface area contributed by atoms with Crippen molar-refractivity contribution in [1.82, 2.24) is 15.2 Å². The molecule has 20 heavy (non-hydrogen) atoms. The van der Waals surface area contributed by atoms with Crippen LogP contribution in [-0.2, 0) is 0 Å². The van der Waals surface area contributed by atoms with Gasteiger partial charge in [-0.15, -0.1) is 10.2 Å². The number of aromatic nitrogens is 3. The van der Waals surface area contributed by atoms with Crippen LogP contribution in [0.15, 0.2) is 25.8 Å². The summed E-state index contributed by atoms with van der Waals surface area (Å²) in [6.45, 7) is 0.709. The van der Waals surface area contributed by atoms with Crippen LogP contribution in [-0.4, -0.2) is 28.0 Å². The van der Waals surface area contributed by atoms with Gasteiger partial charge >= 0.3 is 0 Å². The highest BCUT2D eigenvalue weighted by atomic mass is 32.2. The first-order chi connectivity index (χ1) is 9.74. The molecule has 0 bridgehead atoms. The number of hydrogen-bond donors (Lipinski definition) is 1. The maximum Gasteiger partial charge on any atom is 0.238 e. The molecule has 1 saturated carbocycles. The zero-order valence-corrected chi connectivity index (χ0v) is 13.4. The van der Waals surface area contributed by atoms with E-state index in [1.165, 1.54) is 24.6 Å². The second kappa shape index (κ2) is 6.19.